The molecule has 25 heavy (non-hydrogen) atoms. The van der Waals surface area contributed by atoms with Gasteiger partial charge < -0.3 is 14.3 Å². The molecule has 7 heteroatoms. The van der Waals surface area contributed by atoms with Crippen LogP contribution < -0.4 is 10.5 Å². The van der Waals surface area contributed by atoms with Crippen LogP contribution in [0.15, 0.2) is 59.2 Å². The lowest BCUT2D eigenvalue weighted by atomic mass is 10.1. The van der Waals surface area contributed by atoms with Crippen molar-refractivity contribution in [2.45, 2.75) is 12.8 Å². The van der Waals surface area contributed by atoms with Crippen LogP contribution in [0.1, 0.15) is 22.7 Å². The molecule has 0 fully saturated rings. The number of nitrogens with zero attached hydrogens (tertiary/aromatic N) is 1. The van der Waals surface area contributed by atoms with Crippen LogP contribution in [-0.2, 0) is 11.2 Å². The van der Waals surface area contributed by atoms with Crippen LogP contribution in [-0.4, -0.2) is 16.6 Å². The van der Waals surface area contributed by atoms with Crippen molar-refractivity contribution in [2.75, 3.05) is 5.43 Å². The molecule has 128 valence electrons. The van der Waals surface area contributed by atoms with Crippen molar-refractivity contribution < 1.29 is 23.5 Å². The molecule has 1 N–H and O–H groups in total. The fourth-order valence-corrected chi connectivity index (χ4v) is 2.45. The molecular weight excluding hydrogens is 327 g/mol. The van der Waals surface area contributed by atoms with E-state index in [1.807, 2.05) is 0 Å². The number of benzene rings is 1. The smallest absolute Gasteiger partial charge is 0.305 e. The number of furan rings is 1. The first-order chi connectivity index (χ1) is 12.0. The standard InChI is InChI=1S/C18H15FN2O4/c19-13-5-3-12(4-6-13)15-9-7-14(8-10-17(22)23)21(15)20-18(24)16-2-1-11-25-16/h1-7,9,11H,8,10H2,(H,20,24)(H,22,23)/p-1. The van der Waals surface area contributed by atoms with E-state index < -0.39 is 11.9 Å². The zero-order valence-electron chi connectivity index (χ0n) is 13.1. The van der Waals surface area contributed by atoms with Crippen molar-refractivity contribution in [1.82, 2.24) is 4.68 Å². The molecule has 0 spiro atoms. The van der Waals surface area contributed by atoms with E-state index in [-0.39, 0.29) is 24.4 Å². The summed E-state index contributed by atoms with van der Waals surface area (Å²) >= 11 is 0. The lowest BCUT2D eigenvalue weighted by molar-refractivity contribution is -0.305. The normalized spacial score (nSPS) is 10.6. The first-order valence-electron chi connectivity index (χ1n) is 7.56. The number of aromatic nitrogens is 1. The third-order valence-corrected chi connectivity index (χ3v) is 3.65. The van der Waals surface area contributed by atoms with Gasteiger partial charge in [-0.05, 0) is 61.4 Å². The van der Waals surface area contributed by atoms with Crippen LogP contribution in [0.25, 0.3) is 11.3 Å². The molecule has 2 heterocycles. The first kappa shape index (κ1) is 16.5. The van der Waals surface area contributed by atoms with E-state index in [1.165, 1.54) is 29.1 Å². The number of hydrogen-bond acceptors (Lipinski definition) is 4. The molecule has 0 bridgehead atoms. The minimum Gasteiger partial charge on any atom is -0.550 e. The molecule has 1 aromatic carbocycles. The molecule has 0 aliphatic carbocycles. The lowest BCUT2D eigenvalue weighted by Crippen LogP contribution is -2.27. The molecule has 2 aromatic heterocycles. The molecule has 3 rings (SSSR count). The van der Waals surface area contributed by atoms with Crippen molar-refractivity contribution >= 4 is 11.9 Å². The van der Waals surface area contributed by atoms with E-state index >= 15 is 0 Å². The van der Waals surface area contributed by atoms with Gasteiger partial charge in [-0.3, -0.25) is 14.9 Å². The molecule has 0 atom stereocenters. The molecule has 0 aliphatic rings. The zero-order valence-corrected chi connectivity index (χ0v) is 13.1. The summed E-state index contributed by atoms with van der Waals surface area (Å²) < 4.78 is 19.7. The molecule has 0 saturated heterocycles. The number of nitrogens with one attached hydrogen (secondary N) is 1. The van der Waals surface area contributed by atoms with Gasteiger partial charge in [0.15, 0.2) is 5.76 Å². The average molecular weight is 341 g/mol. The maximum Gasteiger partial charge on any atom is 0.305 e. The SMILES string of the molecule is O=C([O-])CCc1ccc(-c2ccc(F)cc2)n1NC(=O)c1ccco1. The Morgan fingerprint density at radius 1 is 1.12 bits per heavy atom. The van der Waals surface area contributed by atoms with E-state index in [2.05, 4.69) is 5.43 Å². The maximum atomic E-state index is 13.2. The highest BCUT2D eigenvalue weighted by Gasteiger charge is 2.15. The Labute approximate surface area is 142 Å². The third-order valence-electron chi connectivity index (χ3n) is 3.65. The Morgan fingerprint density at radius 3 is 2.52 bits per heavy atom. The lowest BCUT2D eigenvalue weighted by Gasteiger charge is -2.14. The fourth-order valence-electron chi connectivity index (χ4n) is 2.45. The van der Waals surface area contributed by atoms with Gasteiger partial charge in [-0.1, -0.05) is 0 Å². The second-order valence-corrected chi connectivity index (χ2v) is 5.34. The third kappa shape index (κ3) is 3.77. The quantitative estimate of drug-likeness (QED) is 0.742. The second-order valence-electron chi connectivity index (χ2n) is 5.34. The molecule has 0 aliphatic heterocycles. The number of halogens is 1. The number of rotatable bonds is 6. The van der Waals surface area contributed by atoms with Gasteiger partial charge in [0, 0.05) is 17.2 Å². The van der Waals surface area contributed by atoms with Gasteiger partial charge in [0.1, 0.15) is 5.82 Å². The topological polar surface area (TPSA) is 87.3 Å². The highest BCUT2D eigenvalue weighted by Crippen LogP contribution is 2.23. The number of aryl methyl sites for hydroxylation is 1. The maximum absolute atomic E-state index is 13.2. The predicted molar refractivity (Wildman–Crippen MR) is 85.6 cm³/mol. The Morgan fingerprint density at radius 2 is 1.88 bits per heavy atom. The van der Waals surface area contributed by atoms with Crippen LogP contribution in [0, 0.1) is 5.82 Å². The Bertz CT molecular complexity index is 882. The van der Waals surface area contributed by atoms with Gasteiger partial charge in [0.05, 0.1) is 12.0 Å². The molecule has 6 nitrogen and oxygen atoms in total. The summed E-state index contributed by atoms with van der Waals surface area (Å²) in [6.45, 7) is 0. The Balaban J connectivity index is 1.95. The van der Waals surface area contributed by atoms with Gasteiger partial charge in [0.2, 0.25) is 0 Å². The van der Waals surface area contributed by atoms with Gasteiger partial charge in [0.25, 0.3) is 0 Å². The van der Waals surface area contributed by atoms with E-state index in [4.69, 9.17) is 4.42 Å². The minimum absolute atomic E-state index is 0.115. The van der Waals surface area contributed by atoms with Crippen LogP contribution >= 0.6 is 0 Å². The van der Waals surface area contributed by atoms with Gasteiger partial charge in [-0.2, -0.15) is 0 Å². The van der Waals surface area contributed by atoms with E-state index in [0.717, 1.165) is 0 Å². The summed E-state index contributed by atoms with van der Waals surface area (Å²) in [4.78, 5) is 23.0. The summed E-state index contributed by atoms with van der Waals surface area (Å²) in [5.41, 5.74) is 4.51. The molecule has 1 amide bonds. The van der Waals surface area contributed by atoms with Crippen molar-refractivity contribution in [3.63, 3.8) is 0 Å². The van der Waals surface area contributed by atoms with Crippen LogP contribution in [0.5, 0.6) is 0 Å². The minimum atomic E-state index is -1.19. The number of amides is 1. The molecule has 0 radical (unpaired) electrons. The molecule has 3 aromatic rings. The van der Waals surface area contributed by atoms with Gasteiger partial charge in [-0.25, -0.2) is 4.39 Å². The zero-order chi connectivity index (χ0) is 17.8. The number of aliphatic carboxylic acids is 1. The highest BCUT2D eigenvalue weighted by molar-refractivity contribution is 5.98. The van der Waals surface area contributed by atoms with Crippen molar-refractivity contribution in [3.8, 4) is 11.3 Å². The second kappa shape index (κ2) is 7.04. The number of carboxylic acid groups (broad SMARTS) is 1. The van der Waals surface area contributed by atoms with E-state index in [9.17, 15) is 19.1 Å². The largest absolute Gasteiger partial charge is 0.550 e. The van der Waals surface area contributed by atoms with Crippen molar-refractivity contribution in [3.05, 3.63) is 72.1 Å². The van der Waals surface area contributed by atoms with Crippen LogP contribution in [0.3, 0.4) is 0 Å². The first-order valence-corrected chi connectivity index (χ1v) is 7.56. The van der Waals surface area contributed by atoms with E-state index in [0.29, 0.717) is 17.0 Å². The molecular formula is C18H14FN2O4-. The van der Waals surface area contributed by atoms with Crippen LogP contribution in [0.4, 0.5) is 4.39 Å². The number of carboxylic acids is 1. The fraction of sp³-hybridized carbons (Fsp3) is 0.111. The predicted octanol–water partition coefficient (Wildman–Crippen LogP) is 1.95. The molecule has 0 unspecified atom stereocenters. The number of hydrogen-bond donors (Lipinski definition) is 1. The summed E-state index contributed by atoms with van der Waals surface area (Å²) in [6.07, 6.45) is 1.36. The Kier molecular flexibility index (Phi) is 4.65. The van der Waals surface area contributed by atoms with Crippen LogP contribution in [0.2, 0.25) is 0 Å². The van der Waals surface area contributed by atoms with E-state index in [1.54, 1.807) is 30.3 Å². The average Bonchev–Trinajstić information content (AvgIpc) is 3.24. The van der Waals surface area contributed by atoms with Gasteiger partial charge in [-0.15, -0.1) is 0 Å². The summed E-state index contributed by atoms with van der Waals surface area (Å²) in [6, 6.07) is 12.3. The number of carbonyl (C=O) groups excluding carboxylic acids is 2. The summed E-state index contributed by atoms with van der Waals surface area (Å²) in [5, 5.41) is 10.7. The van der Waals surface area contributed by atoms with Gasteiger partial charge >= 0.3 is 5.91 Å². The Hall–Kier alpha value is -3.35. The highest BCUT2D eigenvalue weighted by atomic mass is 19.1. The number of carbonyl (C=O) groups is 2. The van der Waals surface area contributed by atoms with Crippen molar-refractivity contribution in [2.24, 2.45) is 0 Å². The molecule has 0 saturated carbocycles. The summed E-state index contributed by atoms with van der Waals surface area (Å²) in [5.74, 6) is -1.93. The monoisotopic (exact) mass is 341 g/mol. The summed E-state index contributed by atoms with van der Waals surface area (Å²) in [7, 11) is 0. The van der Waals surface area contributed by atoms with Crippen molar-refractivity contribution in [1.29, 1.82) is 0 Å².